The molecule has 14 heteroatoms. The molecule has 0 aliphatic heterocycles. The van der Waals surface area contributed by atoms with Gasteiger partial charge in [0.15, 0.2) is 0 Å². The zero-order valence-electron chi connectivity index (χ0n) is 31.0. The second-order valence-corrected chi connectivity index (χ2v) is 15.6. The minimum Gasteiger partial charge on any atom is -0.744 e. The second kappa shape index (κ2) is 16.2. The summed E-state index contributed by atoms with van der Waals surface area (Å²) in [6, 6.07) is 36.9. The van der Waals surface area contributed by atoms with Crippen LogP contribution in [0.3, 0.4) is 0 Å². The number of anilines is 4. The van der Waals surface area contributed by atoms with Crippen LogP contribution in [-0.2, 0) is 26.8 Å². The molecule has 0 atom stereocenters. The second-order valence-electron chi connectivity index (χ2n) is 12.9. The Bertz CT molecular complexity index is 2770. The first-order valence-electron chi connectivity index (χ1n) is 17.6. The Hall–Kier alpha value is -4.60. The molecule has 7 rings (SSSR count). The third kappa shape index (κ3) is 8.19. The van der Waals surface area contributed by atoms with Crippen LogP contribution in [0.2, 0.25) is 0 Å². The smallest absolute Gasteiger partial charge is 0.296 e. The van der Waals surface area contributed by atoms with Crippen LogP contribution in [0.4, 0.5) is 22.7 Å². The van der Waals surface area contributed by atoms with Crippen molar-refractivity contribution in [2.24, 2.45) is 0 Å². The molecule has 0 aliphatic carbocycles. The van der Waals surface area contributed by atoms with Crippen LogP contribution in [0.25, 0.3) is 38.5 Å². The van der Waals surface area contributed by atoms with Gasteiger partial charge in [-0.1, -0.05) is 54.6 Å². The van der Waals surface area contributed by atoms with E-state index in [2.05, 4.69) is 20.9 Å². The van der Waals surface area contributed by atoms with Gasteiger partial charge in [-0.15, -0.1) is 4.57 Å². The molecule has 11 nitrogen and oxygen atoms in total. The molecule has 1 aromatic heterocycles. The van der Waals surface area contributed by atoms with Crippen molar-refractivity contribution in [3.63, 3.8) is 0 Å². The van der Waals surface area contributed by atoms with Crippen molar-refractivity contribution in [3.8, 4) is 5.69 Å². The van der Waals surface area contributed by atoms with Crippen molar-refractivity contribution in [3.05, 3.63) is 127 Å². The number of rotatable bonds is 12. The molecule has 6 aromatic carbocycles. The van der Waals surface area contributed by atoms with Crippen LogP contribution in [0.15, 0.2) is 131 Å². The van der Waals surface area contributed by atoms with Crippen LogP contribution in [0.1, 0.15) is 26.3 Å². The van der Waals surface area contributed by atoms with Crippen LogP contribution < -0.4 is 19.7 Å². The van der Waals surface area contributed by atoms with E-state index in [0.717, 1.165) is 44.2 Å². The number of hydrogen-bond acceptors (Lipinski definition) is 9. The Morgan fingerprint density at radius 1 is 0.727 bits per heavy atom. The molecule has 0 fully saturated rings. The van der Waals surface area contributed by atoms with Gasteiger partial charge in [0, 0.05) is 102 Å². The SMILES string of the molecule is CCN(Cc1cccc(S(=O)(=O)[O-])c1)c1ccc2nc3c4ccccc4c(Nc4ccc(N(CC)CC)c(S(=O)(=O)O)c4)cc3[n+](-c3ccccc3)c2c1.[Na]. The van der Waals surface area contributed by atoms with Crippen molar-refractivity contribution < 1.29 is 30.5 Å². The number of nitrogens with zero attached hydrogens (tertiary/aromatic N) is 4. The molecule has 1 radical (unpaired) electrons. The first-order chi connectivity index (χ1) is 25.9. The van der Waals surface area contributed by atoms with Gasteiger partial charge >= 0.3 is 0 Å². The summed E-state index contributed by atoms with van der Waals surface area (Å²) in [6.45, 7) is 7.97. The Morgan fingerprint density at radius 2 is 1.42 bits per heavy atom. The number of benzene rings is 6. The van der Waals surface area contributed by atoms with Gasteiger partial charge in [0.2, 0.25) is 16.7 Å². The topological polar surface area (TPSA) is 147 Å². The van der Waals surface area contributed by atoms with Gasteiger partial charge in [0.25, 0.3) is 10.1 Å². The average Bonchev–Trinajstić information content (AvgIpc) is 3.16. The van der Waals surface area contributed by atoms with Crippen molar-refractivity contribution in [2.45, 2.75) is 37.1 Å². The molecule has 0 saturated heterocycles. The molecule has 0 bridgehead atoms. The zero-order valence-corrected chi connectivity index (χ0v) is 34.6. The van der Waals surface area contributed by atoms with E-state index in [1.165, 1.54) is 18.2 Å². The van der Waals surface area contributed by atoms with Crippen molar-refractivity contribution in [2.75, 3.05) is 34.8 Å². The summed E-state index contributed by atoms with van der Waals surface area (Å²) in [7, 11) is -9.14. The molecular weight excluding hydrogens is 746 g/mol. The van der Waals surface area contributed by atoms with Gasteiger partial charge in [-0.3, -0.25) is 4.55 Å². The molecule has 7 aromatic rings. The summed E-state index contributed by atoms with van der Waals surface area (Å²) in [5.41, 5.74) is 7.19. The van der Waals surface area contributed by atoms with Gasteiger partial charge in [0.1, 0.15) is 26.0 Å². The molecule has 1 heterocycles. The molecule has 0 unspecified atom stereocenters. The van der Waals surface area contributed by atoms with E-state index < -0.39 is 20.2 Å². The van der Waals surface area contributed by atoms with E-state index in [1.807, 2.05) is 98.5 Å². The Labute approximate surface area is 343 Å². The molecule has 0 amide bonds. The summed E-state index contributed by atoms with van der Waals surface area (Å²) in [6.07, 6.45) is 0. The standard InChI is InChI=1S/C41H39N5O6S2.Na/c1-4-44(5-2)37-22-19-29(24-40(37)54(50,51)52)42-36-26-39-41(34-18-11-10-17-33(34)36)43-35-21-20-31(25-38(35)46(39)30-14-8-7-9-15-30)45(6-3)27-28-13-12-16-32(23-28)53(47,48)49;/h7-26H,4-6,27H2,1-3H3,(H2,47,48,49,50,51,52);. The van der Waals surface area contributed by atoms with Gasteiger partial charge < -0.3 is 19.7 Å². The van der Waals surface area contributed by atoms with Gasteiger partial charge in [-0.2, -0.15) is 8.42 Å². The number of aromatic nitrogens is 2. The summed E-state index contributed by atoms with van der Waals surface area (Å²) in [5, 5.41) is 5.20. The van der Waals surface area contributed by atoms with Crippen LogP contribution in [0.5, 0.6) is 0 Å². The normalized spacial score (nSPS) is 11.8. The fraction of sp³-hybridized carbons (Fsp3) is 0.171. The van der Waals surface area contributed by atoms with Gasteiger partial charge in [-0.25, -0.2) is 13.4 Å². The molecule has 277 valence electrons. The molecule has 0 spiro atoms. The predicted molar refractivity (Wildman–Crippen MR) is 218 cm³/mol. The fourth-order valence-corrected chi connectivity index (χ4v) is 8.29. The minimum absolute atomic E-state index is 0. The quantitative estimate of drug-likeness (QED) is 0.0429. The maximum atomic E-state index is 12.6. The number of fused-ring (bicyclic) bond motifs is 4. The number of nitrogens with one attached hydrogen (secondary N) is 1. The first kappa shape index (κ1) is 40.1. The maximum Gasteiger partial charge on any atom is 0.296 e. The molecular formula is C41H39N5NaO6S2. The molecule has 0 aliphatic rings. The summed E-state index contributed by atoms with van der Waals surface area (Å²) >= 11 is 0. The maximum absolute atomic E-state index is 12.6. The van der Waals surface area contributed by atoms with Crippen molar-refractivity contribution >= 4 is 105 Å². The zero-order chi connectivity index (χ0) is 38.2. The van der Waals surface area contributed by atoms with Crippen LogP contribution in [-0.4, -0.2) is 80.1 Å². The average molecular weight is 785 g/mol. The largest absolute Gasteiger partial charge is 0.744 e. The van der Waals surface area contributed by atoms with E-state index >= 15 is 0 Å². The molecule has 0 saturated carbocycles. The van der Waals surface area contributed by atoms with Crippen molar-refractivity contribution in [1.82, 2.24) is 4.98 Å². The summed E-state index contributed by atoms with van der Waals surface area (Å²) in [4.78, 5) is 8.72. The number of para-hydroxylation sites is 1. The number of hydrogen-bond donors (Lipinski definition) is 2. The van der Waals surface area contributed by atoms with Crippen LogP contribution >= 0.6 is 0 Å². The minimum atomic E-state index is -4.60. The van der Waals surface area contributed by atoms with E-state index in [-0.39, 0.29) is 39.3 Å². The van der Waals surface area contributed by atoms with Crippen LogP contribution in [0, 0.1) is 0 Å². The summed E-state index contributed by atoms with van der Waals surface area (Å²) in [5.74, 6) is 0. The Balaban J connectivity index is 0.00000514. The van der Waals surface area contributed by atoms with Gasteiger partial charge in [0.05, 0.1) is 16.3 Å². The monoisotopic (exact) mass is 784 g/mol. The van der Waals surface area contributed by atoms with E-state index in [4.69, 9.17) is 4.98 Å². The Morgan fingerprint density at radius 3 is 2.09 bits per heavy atom. The Kier molecular flexibility index (Phi) is 11.8. The van der Waals surface area contributed by atoms with E-state index in [1.54, 1.807) is 24.3 Å². The third-order valence-electron chi connectivity index (χ3n) is 9.61. The van der Waals surface area contributed by atoms with E-state index in [0.29, 0.717) is 48.8 Å². The van der Waals surface area contributed by atoms with Gasteiger partial charge in [-0.05, 0) is 68.8 Å². The predicted octanol–water partition coefficient (Wildman–Crippen LogP) is 7.20. The molecule has 55 heavy (non-hydrogen) atoms. The summed E-state index contributed by atoms with van der Waals surface area (Å²) < 4.78 is 72.8. The fourth-order valence-electron chi connectivity index (χ4n) is 7.01. The first-order valence-corrected chi connectivity index (χ1v) is 20.4. The van der Waals surface area contributed by atoms with Crippen molar-refractivity contribution in [1.29, 1.82) is 0 Å². The van der Waals surface area contributed by atoms with E-state index in [9.17, 15) is 25.9 Å². The third-order valence-corrected chi connectivity index (χ3v) is 11.3. The molecule has 2 N–H and O–H groups in total.